The van der Waals surface area contributed by atoms with E-state index in [0.717, 1.165) is 38.5 Å². The normalized spacial score (nSPS) is 13.8. The number of unbranched alkanes of at least 4 members (excludes halogenated alkanes) is 4. The topological polar surface area (TPSA) is 78.6 Å². The van der Waals surface area contributed by atoms with Crippen LogP contribution in [-0.4, -0.2) is 24.8 Å². The second-order valence-electron chi connectivity index (χ2n) is 6.23. The molecule has 1 aromatic carbocycles. The highest BCUT2D eigenvalue weighted by atomic mass is 16.5. The molecule has 0 aliphatic heterocycles. The Morgan fingerprint density at radius 2 is 1.32 bits per heavy atom. The van der Waals surface area contributed by atoms with Gasteiger partial charge >= 0.3 is 0 Å². The Morgan fingerprint density at radius 1 is 0.800 bits per heavy atom. The van der Waals surface area contributed by atoms with Gasteiger partial charge in [-0.05, 0) is 31.0 Å². The summed E-state index contributed by atoms with van der Waals surface area (Å²) in [6, 6.07) is 4.72. The smallest absolute Gasteiger partial charge is 0.232 e. The minimum atomic E-state index is -0.330. The van der Waals surface area contributed by atoms with Crippen molar-refractivity contribution in [3.05, 3.63) is 40.8 Å². The summed E-state index contributed by atoms with van der Waals surface area (Å²) in [5.74, 6) is -0.578. The maximum absolute atomic E-state index is 12.8. The molecule has 136 valence electrons. The summed E-state index contributed by atoms with van der Waals surface area (Å²) < 4.78 is 11.4. The lowest BCUT2D eigenvalue weighted by Crippen LogP contribution is -2.25. The maximum Gasteiger partial charge on any atom is 0.232 e. The minimum absolute atomic E-state index is 0.0238. The third-order valence-electron chi connectivity index (χ3n) is 4.14. The van der Waals surface area contributed by atoms with Gasteiger partial charge in [0.2, 0.25) is 23.1 Å². The number of hydrogen-bond donors (Lipinski definition) is 1. The number of benzene rings is 1. The van der Waals surface area contributed by atoms with Gasteiger partial charge in [0.05, 0.1) is 13.2 Å². The fraction of sp³-hybridized carbons (Fsp3) is 0.500. The van der Waals surface area contributed by atoms with E-state index in [4.69, 9.17) is 15.2 Å². The average molecular weight is 345 g/mol. The molecule has 1 aliphatic carbocycles. The molecule has 0 amide bonds. The maximum atomic E-state index is 12.8. The van der Waals surface area contributed by atoms with Crippen molar-refractivity contribution >= 4 is 17.3 Å². The predicted octanol–water partition coefficient (Wildman–Crippen LogP) is 4.27. The zero-order chi connectivity index (χ0) is 18.2. The fourth-order valence-electron chi connectivity index (χ4n) is 2.71. The van der Waals surface area contributed by atoms with Crippen LogP contribution in [0.1, 0.15) is 73.1 Å². The van der Waals surface area contributed by atoms with Crippen LogP contribution in [0.25, 0.3) is 0 Å². The van der Waals surface area contributed by atoms with Gasteiger partial charge in [-0.15, -0.1) is 0 Å². The Labute approximate surface area is 149 Å². The van der Waals surface area contributed by atoms with Crippen LogP contribution in [0.2, 0.25) is 0 Å². The molecule has 0 radical (unpaired) electrons. The van der Waals surface area contributed by atoms with Crippen molar-refractivity contribution in [2.45, 2.75) is 52.4 Å². The Balaban J connectivity index is 2.26. The van der Waals surface area contributed by atoms with E-state index in [1.165, 1.54) is 6.07 Å². The molecule has 0 unspecified atom stereocenters. The monoisotopic (exact) mass is 345 g/mol. The molecule has 0 aromatic heterocycles. The van der Waals surface area contributed by atoms with Crippen molar-refractivity contribution in [1.82, 2.24) is 0 Å². The first kappa shape index (κ1) is 19.0. The quantitative estimate of drug-likeness (QED) is 0.506. The molecule has 25 heavy (non-hydrogen) atoms. The molecule has 5 heteroatoms. The number of anilines is 1. The summed E-state index contributed by atoms with van der Waals surface area (Å²) in [7, 11) is 0. The number of allylic oxidation sites excluding steroid dienone is 2. The second-order valence-corrected chi connectivity index (χ2v) is 6.23. The summed E-state index contributed by atoms with van der Waals surface area (Å²) in [5, 5.41) is 0. The van der Waals surface area contributed by atoms with Crippen molar-refractivity contribution in [2.75, 3.05) is 18.9 Å². The lowest BCUT2D eigenvalue weighted by molar-refractivity contribution is 0.0744. The van der Waals surface area contributed by atoms with Crippen LogP contribution in [0.3, 0.4) is 0 Å². The SMILES string of the molecule is CCCCCOC1=C(OCCCCC)C(=O)c2cc(N)ccc2C1=O. The molecule has 0 bridgehead atoms. The van der Waals surface area contributed by atoms with E-state index < -0.39 is 0 Å². The van der Waals surface area contributed by atoms with Crippen LogP contribution < -0.4 is 5.73 Å². The molecule has 1 aliphatic rings. The summed E-state index contributed by atoms with van der Waals surface area (Å²) >= 11 is 0. The van der Waals surface area contributed by atoms with Gasteiger partial charge in [0.1, 0.15) is 0 Å². The molecule has 0 spiro atoms. The van der Waals surface area contributed by atoms with Crippen molar-refractivity contribution in [2.24, 2.45) is 0 Å². The number of fused-ring (bicyclic) bond motifs is 1. The molecular weight excluding hydrogens is 318 g/mol. The molecule has 0 heterocycles. The zero-order valence-electron chi connectivity index (χ0n) is 15.1. The number of nitrogen functional groups attached to an aromatic ring is 1. The van der Waals surface area contributed by atoms with Crippen molar-refractivity contribution in [3.63, 3.8) is 0 Å². The van der Waals surface area contributed by atoms with Gasteiger partial charge in [-0.2, -0.15) is 0 Å². The predicted molar refractivity (Wildman–Crippen MR) is 97.5 cm³/mol. The third kappa shape index (κ3) is 4.62. The second kappa shape index (κ2) is 9.25. The van der Waals surface area contributed by atoms with E-state index >= 15 is 0 Å². The Kier molecular flexibility index (Phi) is 7.04. The number of carbonyl (C=O) groups is 2. The lowest BCUT2D eigenvalue weighted by atomic mass is 9.91. The number of ether oxygens (including phenoxy) is 2. The van der Waals surface area contributed by atoms with Gasteiger partial charge < -0.3 is 15.2 Å². The average Bonchev–Trinajstić information content (AvgIpc) is 2.61. The first-order chi connectivity index (χ1) is 12.1. The third-order valence-corrected chi connectivity index (χ3v) is 4.14. The molecule has 5 nitrogen and oxygen atoms in total. The van der Waals surface area contributed by atoms with E-state index in [1.807, 2.05) is 0 Å². The zero-order valence-corrected chi connectivity index (χ0v) is 15.1. The molecule has 0 fully saturated rings. The molecule has 0 saturated heterocycles. The molecule has 1 aromatic rings. The highest BCUT2D eigenvalue weighted by Crippen LogP contribution is 2.29. The van der Waals surface area contributed by atoms with Gasteiger partial charge in [0, 0.05) is 16.8 Å². The highest BCUT2D eigenvalue weighted by Gasteiger charge is 2.35. The van der Waals surface area contributed by atoms with E-state index in [2.05, 4.69) is 13.8 Å². The van der Waals surface area contributed by atoms with Gasteiger partial charge in [-0.3, -0.25) is 9.59 Å². The molecular formula is C20H27NO4. The number of ketones is 2. The summed E-state index contributed by atoms with van der Waals surface area (Å²) in [6.45, 7) is 4.98. The van der Waals surface area contributed by atoms with Gasteiger partial charge in [0.15, 0.2) is 0 Å². The van der Waals surface area contributed by atoms with Gasteiger partial charge in [-0.1, -0.05) is 39.5 Å². The molecule has 2 rings (SSSR count). The van der Waals surface area contributed by atoms with Crippen LogP contribution in [0, 0.1) is 0 Å². The van der Waals surface area contributed by atoms with E-state index in [-0.39, 0.29) is 28.6 Å². The number of nitrogens with two attached hydrogens (primary N) is 1. The summed E-state index contributed by atoms with van der Waals surface area (Å²) in [6.07, 6.45) is 5.78. The van der Waals surface area contributed by atoms with Crippen molar-refractivity contribution in [1.29, 1.82) is 0 Å². The van der Waals surface area contributed by atoms with Crippen LogP contribution in [0.4, 0.5) is 5.69 Å². The Hall–Kier alpha value is -2.30. The largest absolute Gasteiger partial charge is 0.486 e. The number of Topliss-reactive ketones (excluding diaryl/α,β-unsaturated/α-hetero) is 2. The van der Waals surface area contributed by atoms with E-state index in [1.54, 1.807) is 12.1 Å². The Morgan fingerprint density at radius 3 is 1.84 bits per heavy atom. The first-order valence-electron chi connectivity index (χ1n) is 9.08. The molecule has 0 saturated carbocycles. The van der Waals surface area contributed by atoms with Crippen LogP contribution in [-0.2, 0) is 9.47 Å². The number of rotatable bonds is 10. The Bertz CT molecular complexity index is 664. The highest BCUT2D eigenvalue weighted by molar-refractivity contribution is 6.25. The minimum Gasteiger partial charge on any atom is -0.486 e. The first-order valence-corrected chi connectivity index (χ1v) is 9.08. The standard InChI is InChI=1S/C20H27NO4/c1-3-5-7-11-24-19-17(22)15-10-9-14(21)13-16(15)18(23)20(19)25-12-8-6-4-2/h9-10,13H,3-8,11-12,21H2,1-2H3. The van der Waals surface area contributed by atoms with Gasteiger partial charge in [0.25, 0.3) is 0 Å². The summed E-state index contributed by atoms with van der Waals surface area (Å²) in [5.41, 5.74) is 6.83. The van der Waals surface area contributed by atoms with E-state index in [0.29, 0.717) is 24.5 Å². The van der Waals surface area contributed by atoms with E-state index in [9.17, 15) is 9.59 Å². The van der Waals surface area contributed by atoms with Crippen LogP contribution >= 0.6 is 0 Å². The van der Waals surface area contributed by atoms with Crippen molar-refractivity contribution in [3.8, 4) is 0 Å². The molecule has 2 N–H and O–H groups in total. The lowest BCUT2D eigenvalue weighted by Gasteiger charge is -2.21. The number of hydrogen-bond acceptors (Lipinski definition) is 5. The summed E-state index contributed by atoms with van der Waals surface area (Å²) in [4.78, 5) is 25.6. The van der Waals surface area contributed by atoms with Crippen molar-refractivity contribution < 1.29 is 19.1 Å². The van der Waals surface area contributed by atoms with Crippen LogP contribution in [0.15, 0.2) is 29.7 Å². The fourth-order valence-corrected chi connectivity index (χ4v) is 2.71. The van der Waals surface area contributed by atoms with Crippen LogP contribution in [0.5, 0.6) is 0 Å². The molecule has 0 atom stereocenters. The van der Waals surface area contributed by atoms with Gasteiger partial charge in [-0.25, -0.2) is 0 Å². The number of carbonyl (C=O) groups excluding carboxylic acids is 2.